The van der Waals surface area contributed by atoms with Gasteiger partial charge in [-0.05, 0) is 24.6 Å². The Bertz CT molecular complexity index is 299. The number of para-hydroxylation sites is 1. The largest absolute Gasteiger partial charge is 0.489 e. The fourth-order valence-corrected chi connectivity index (χ4v) is 1.20. The van der Waals surface area contributed by atoms with Gasteiger partial charge in [-0.15, -0.1) is 0 Å². The molecule has 0 N–H and O–H groups in total. The van der Waals surface area contributed by atoms with Gasteiger partial charge in [-0.25, -0.2) is 0 Å². The smallest absolute Gasteiger partial charge is 0.127 e. The van der Waals surface area contributed by atoms with Crippen LogP contribution in [0.1, 0.15) is 5.56 Å². The minimum absolute atomic E-state index is 0.649. The molecule has 0 spiro atoms. The van der Waals surface area contributed by atoms with Gasteiger partial charge in [0.25, 0.3) is 0 Å². The summed E-state index contributed by atoms with van der Waals surface area (Å²) in [5.41, 5.74) is 2.17. The van der Waals surface area contributed by atoms with Crippen molar-refractivity contribution in [3.05, 3.63) is 42.8 Å². The zero-order valence-electron chi connectivity index (χ0n) is 6.21. The molecule has 0 saturated carbocycles. The molecule has 1 aromatic rings. The molecule has 1 aliphatic heterocycles. The van der Waals surface area contributed by atoms with Crippen LogP contribution in [-0.4, -0.2) is 6.61 Å². The predicted octanol–water partition coefficient (Wildman–Crippen LogP) is 2.30. The Morgan fingerprint density at radius 1 is 1.27 bits per heavy atom. The third-order valence-corrected chi connectivity index (χ3v) is 1.80. The van der Waals surface area contributed by atoms with E-state index in [9.17, 15) is 0 Å². The molecule has 0 amide bonds. The highest BCUT2D eigenvalue weighted by Crippen LogP contribution is 2.28. The molecule has 1 nitrogen and oxygen atoms in total. The third kappa shape index (κ3) is 1.03. The standard InChI is InChI=1S/C10H9O/c1-8-6-7-11-10-5-3-2-4-9(8)10/h2-6H,1,7H2. The Morgan fingerprint density at radius 3 is 2.91 bits per heavy atom. The summed E-state index contributed by atoms with van der Waals surface area (Å²) in [6.45, 7) is 4.57. The van der Waals surface area contributed by atoms with Crippen molar-refractivity contribution < 1.29 is 4.74 Å². The molecule has 1 radical (unpaired) electrons. The first kappa shape index (κ1) is 6.47. The van der Waals surface area contributed by atoms with Crippen molar-refractivity contribution in [3.8, 4) is 5.75 Å². The SMILES string of the molecule is [CH2]C1=CCOc2ccccc21. The molecular weight excluding hydrogens is 136 g/mol. The summed E-state index contributed by atoms with van der Waals surface area (Å²) in [4.78, 5) is 0. The van der Waals surface area contributed by atoms with Gasteiger partial charge < -0.3 is 4.74 Å². The minimum Gasteiger partial charge on any atom is -0.489 e. The average Bonchev–Trinajstić information content (AvgIpc) is 2.06. The number of hydrogen-bond donors (Lipinski definition) is 0. The number of hydrogen-bond acceptors (Lipinski definition) is 1. The lowest BCUT2D eigenvalue weighted by molar-refractivity contribution is 0.357. The third-order valence-electron chi connectivity index (χ3n) is 1.80. The predicted molar refractivity (Wildman–Crippen MR) is 45.3 cm³/mol. The summed E-state index contributed by atoms with van der Waals surface area (Å²) in [6.07, 6.45) is 1.99. The summed E-state index contributed by atoms with van der Waals surface area (Å²) in [6, 6.07) is 7.95. The first-order valence-electron chi connectivity index (χ1n) is 3.62. The fourth-order valence-electron chi connectivity index (χ4n) is 1.20. The molecule has 55 valence electrons. The minimum atomic E-state index is 0.649. The van der Waals surface area contributed by atoms with E-state index in [4.69, 9.17) is 4.74 Å². The van der Waals surface area contributed by atoms with Gasteiger partial charge in [0.15, 0.2) is 0 Å². The molecule has 1 heterocycles. The van der Waals surface area contributed by atoms with E-state index in [0.29, 0.717) is 6.61 Å². The van der Waals surface area contributed by atoms with Crippen LogP contribution in [0.5, 0.6) is 5.75 Å². The van der Waals surface area contributed by atoms with Gasteiger partial charge >= 0.3 is 0 Å². The Balaban J connectivity index is 2.56. The van der Waals surface area contributed by atoms with Gasteiger partial charge in [0, 0.05) is 5.56 Å². The molecule has 0 unspecified atom stereocenters. The van der Waals surface area contributed by atoms with Crippen LogP contribution >= 0.6 is 0 Å². The molecule has 11 heavy (non-hydrogen) atoms. The van der Waals surface area contributed by atoms with Gasteiger partial charge in [0.1, 0.15) is 12.4 Å². The summed E-state index contributed by atoms with van der Waals surface area (Å²) < 4.78 is 5.38. The number of rotatable bonds is 0. The maximum absolute atomic E-state index is 5.38. The van der Waals surface area contributed by atoms with Crippen LogP contribution < -0.4 is 4.74 Å². The number of fused-ring (bicyclic) bond motifs is 1. The van der Waals surface area contributed by atoms with E-state index in [1.165, 1.54) is 0 Å². The first-order chi connectivity index (χ1) is 5.38. The number of benzene rings is 1. The summed E-state index contributed by atoms with van der Waals surface area (Å²) in [5.74, 6) is 0.944. The van der Waals surface area contributed by atoms with Crippen LogP contribution in [0.2, 0.25) is 0 Å². The van der Waals surface area contributed by atoms with Gasteiger partial charge in [0.05, 0.1) is 0 Å². The Kier molecular flexibility index (Phi) is 1.42. The average molecular weight is 145 g/mol. The van der Waals surface area contributed by atoms with Crippen LogP contribution in [0.25, 0.3) is 5.57 Å². The molecule has 0 bridgehead atoms. The normalized spacial score (nSPS) is 14.8. The molecule has 0 aliphatic carbocycles. The lowest BCUT2D eigenvalue weighted by atomic mass is 10.0. The zero-order chi connectivity index (χ0) is 7.68. The summed E-state index contributed by atoms with van der Waals surface area (Å²) in [7, 11) is 0. The molecule has 1 aliphatic rings. The van der Waals surface area contributed by atoms with E-state index in [0.717, 1.165) is 16.9 Å². The number of ether oxygens (including phenoxy) is 1. The molecule has 1 aromatic carbocycles. The van der Waals surface area contributed by atoms with Crippen LogP contribution in [0, 0.1) is 6.92 Å². The molecule has 0 saturated heterocycles. The zero-order valence-corrected chi connectivity index (χ0v) is 6.21. The highest BCUT2D eigenvalue weighted by Gasteiger charge is 2.07. The molecule has 1 heteroatoms. The number of allylic oxidation sites excluding steroid dienone is 1. The van der Waals surface area contributed by atoms with E-state index in [1.807, 2.05) is 30.3 Å². The highest BCUT2D eigenvalue weighted by molar-refractivity contribution is 5.74. The molecule has 0 aromatic heterocycles. The van der Waals surface area contributed by atoms with Crippen molar-refractivity contribution in [2.24, 2.45) is 0 Å². The van der Waals surface area contributed by atoms with Crippen molar-refractivity contribution in [2.75, 3.05) is 6.61 Å². The van der Waals surface area contributed by atoms with Crippen LogP contribution in [0.3, 0.4) is 0 Å². The lowest BCUT2D eigenvalue weighted by Crippen LogP contribution is -2.02. The van der Waals surface area contributed by atoms with Gasteiger partial charge in [0.2, 0.25) is 0 Å². The maximum Gasteiger partial charge on any atom is 0.127 e. The van der Waals surface area contributed by atoms with Gasteiger partial charge in [-0.1, -0.05) is 18.2 Å². The topological polar surface area (TPSA) is 9.23 Å². The van der Waals surface area contributed by atoms with Crippen LogP contribution in [-0.2, 0) is 0 Å². The monoisotopic (exact) mass is 145 g/mol. The summed E-state index contributed by atoms with van der Waals surface area (Å²) in [5, 5.41) is 0. The summed E-state index contributed by atoms with van der Waals surface area (Å²) >= 11 is 0. The van der Waals surface area contributed by atoms with Crippen LogP contribution in [0.15, 0.2) is 30.3 Å². The second kappa shape index (κ2) is 2.42. The van der Waals surface area contributed by atoms with Crippen molar-refractivity contribution in [3.63, 3.8) is 0 Å². The Labute approximate surface area is 66.3 Å². The van der Waals surface area contributed by atoms with Gasteiger partial charge in [-0.3, -0.25) is 0 Å². The van der Waals surface area contributed by atoms with E-state index >= 15 is 0 Å². The van der Waals surface area contributed by atoms with E-state index in [2.05, 4.69) is 6.92 Å². The van der Waals surface area contributed by atoms with Crippen molar-refractivity contribution in [1.29, 1.82) is 0 Å². The fraction of sp³-hybridized carbons (Fsp3) is 0.100. The highest BCUT2D eigenvalue weighted by atomic mass is 16.5. The van der Waals surface area contributed by atoms with Crippen LogP contribution in [0.4, 0.5) is 0 Å². The molecule has 2 rings (SSSR count). The lowest BCUT2D eigenvalue weighted by Gasteiger charge is -2.15. The molecular formula is C10H9O. The Morgan fingerprint density at radius 2 is 2.09 bits per heavy atom. The van der Waals surface area contributed by atoms with Crippen molar-refractivity contribution in [2.45, 2.75) is 0 Å². The second-order valence-corrected chi connectivity index (χ2v) is 2.54. The van der Waals surface area contributed by atoms with Crippen molar-refractivity contribution in [1.82, 2.24) is 0 Å². The molecule has 0 atom stereocenters. The second-order valence-electron chi connectivity index (χ2n) is 2.54. The Hall–Kier alpha value is -1.24. The van der Waals surface area contributed by atoms with Gasteiger partial charge in [-0.2, -0.15) is 0 Å². The maximum atomic E-state index is 5.38. The quantitative estimate of drug-likeness (QED) is 0.544. The van der Waals surface area contributed by atoms with E-state index in [1.54, 1.807) is 0 Å². The first-order valence-corrected chi connectivity index (χ1v) is 3.62. The van der Waals surface area contributed by atoms with E-state index < -0.39 is 0 Å². The van der Waals surface area contributed by atoms with Crippen molar-refractivity contribution >= 4 is 5.57 Å². The molecule has 0 fully saturated rings. The van der Waals surface area contributed by atoms with E-state index in [-0.39, 0.29) is 0 Å².